The van der Waals surface area contributed by atoms with Gasteiger partial charge in [-0.2, -0.15) is 15.0 Å². The number of nitrogens with one attached hydrogen (secondary N) is 1. The highest BCUT2D eigenvalue weighted by atomic mass is 16.6. The number of nitrogens with zero attached hydrogens (tertiary/aromatic N) is 8. The Bertz CT molecular complexity index is 1580. The first-order valence-electron chi connectivity index (χ1n) is 13.4. The Morgan fingerprint density at radius 3 is 2.60 bits per heavy atom. The summed E-state index contributed by atoms with van der Waals surface area (Å²) in [5.74, 6) is 0.772. The van der Waals surface area contributed by atoms with Crippen LogP contribution in [0.5, 0.6) is 0 Å². The molecule has 1 fully saturated rings. The molecule has 40 heavy (non-hydrogen) atoms. The van der Waals surface area contributed by atoms with Gasteiger partial charge in [0.05, 0.1) is 35.5 Å². The smallest absolute Gasteiger partial charge is 0.405 e. The Hall–Kier alpha value is -4.53. The van der Waals surface area contributed by atoms with Gasteiger partial charge in [-0.05, 0) is 45.6 Å². The maximum absolute atomic E-state index is 11.7. The number of rotatable bonds is 6. The number of anilines is 1. The summed E-state index contributed by atoms with van der Waals surface area (Å²) in [7, 11) is 0. The van der Waals surface area contributed by atoms with Crippen LogP contribution in [0.1, 0.15) is 77.5 Å². The van der Waals surface area contributed by atoms with Gasteiger partial charge in [0, 0.05) is 35.0 Å². The number of ether oxygens (including phenoxy) is 1. The summed E-state index contributed by atoms with van der Waals surface area (Å²) in [5.41, 5.74) is 8.14. The van der Waals surface area contributed by atoms with Crippen LogP contribution in [0.15, 0.2) is 36.9 Å². The Labute approximate surface area is 232 Å². The molecule has 1 aliphatic rings. The van der Waals surface area contributed by atoms with Crippen molar-refractivity contribution in [3.05, 3.63) is 48.2 Å². The lowest BCUT2D eigenvalue weighted by Crippen LogP contribution is -2.50. The number of pyridine rings is 2. The third-order valence-corrected chi connectivity index (χ3v) is 7.70. The zero-order valence-electron chi connectivity index (χ0n) is 23.4. The molecule has 208 valence electrons. The number of carbonyl (C=O) groups excluding carboxylic acids is 1. The summed E-state index contributed by atoms with van der Waals surface area (Å²) >= 11 is 0. The molecule has 0 atom stereocenters. The average Bonchev–Trinajstić information content (AvgIpc) is 3.55. The zero-order chi connectivity index (χ0) is 28.7. The minimum Gasteiger partial charge on any atom is -0.443 e. The first kappa shape index (κ1) is 27.1. The van der Waals surface area contributed by atoms with E-state index in [1.165, 1.54) is 6.20 Å². The number of hydrogen-bond donors (Lipinski definition) is 2. The van der Waals surface area contributed by atoms with Gasteiger partial charge in [-0.25, -0.2) is 19.4 Å². The van der Waals surface area contributed by atoms with E-state index in [2.05, 4.69) is 71.4 Å². The van der Waals surface area contributed by atoms with Crippen molar-refractivity contribution >= 4 is 22.8 Å². The van der Waals surface area contributed by atoms with Crippen LogP contribution in [0.25, 0.3) is 22.5 Å². The molecule has 1 aliphatic carbocycles. The molecule has 0 aliphatic heterocycles. The topological polar surface area (TPSA) is 162 Å². The van der Waals surface area contributed by atoms with Gasteiger partial charge in [0.15, 0.2) is 11.5 Å². The molecule has 4 heterocycles. The molecule has 0 bridgehead atoms. The van der Waals surface area contributed by atoms with Crippen molar-refractivity contribution in [2.24, 2.45) is 11.1 Å². The van der Waals surface area contributed by atoms with Crippen molar-refractivity contribution in [3.63, 3.8) is 0 Å². The van der Waals surface area contributed by atoms with Crippen LogP contribution in [0.3, 0.4) is 0 Å². The zero-order valence-corrected chi connectivity index (χ0v) is 23.4. The first-order valence-corrected chi connectivity index (χ1v) is 13.4. The SMILES string of the molecule is CC(C)Nc1cc(-n2ncc3cc(C#N)cnc32)ncc1-n1cc(C2CCC(OC(N)=O)(C(C)(C)C)CC2)nn1. The highest BCUT2D eigenvalue weighted by molar-refractivity contribution is 5.77. The average molecular weight is 543 g/mol. The van der Waals surface area contributed by atoms with Gasteiger partial charge in [-0.3, -0.25) is 0 Å². The molecule has 1 saturated carbocycles. The van der Waals surface area contributed by atoms with E-state index in [4.69, 9.17) is 10.5 Å². The Kier molecular flexibility index (Phi) is 6.91. The molecule has 4 aromatic rings. The van der Waals surface area contributed by atoms with Gasteiger partial charge in [-0.15, -0.1) is 5.10 Å². The molecule has 0 aromatic carbocycles. The van der Waals surface area contributed by atoms with E-state index in [0.29, 0.717) is 29.9 Å². The van der Waals surface area contributed by atoms with Crippen LogP contribution < -0.4 is 11.1 Å². The number of primary amides is 1. The number of nitrogens with two attached hydrogens (primary N) is 1. The lowest BCUT2D eigenvalue weighted by Gasteiger charge is -2.47. The van der Waals surface area contributed by atoms with Crippen molar-refractivity contribution in [1.29, 1.82) is 5.26 Å². The van der Waals surface area contributed by atoms with Crippen LogP contribution in [-0.4, -0.2) is 52.5 Å². The lowest BCUT2D eigenvalue weighted by atomic mass is 9.65. The van der Waals surface area contributed by atoms with Gasteiger partial charge in [-0.1, -0.05) is 26.0 Å². The largest absolute Gasteiger partial charge is 0.443 e. The molecule has 3 N–H and O–H groups in total. The lowest BCUT2D eigenvalue weighted by molar-refractivity contribution is -0.0920. The summed E-state index contributed by atoms with van der Waals surface area (Å²) in [5, 5.41) is 26.8. The molecular formula is C28H34N10O2. The van der Waals surface area contributed by atoms with Crippen molar-refractivity contribution < 1.29 is 9.53 Å². The van der Waals surface area contributed by atoms with Gasteiger partial charge < -0.3 is 15.8 Å². The molecule has 0 spiro atoms. The Morgan fingerprint density at radius 2 is 1.95 bits per heavy atom. The van der Waals surface area contributed by atoms with Gasteiger partial charge in [0.1, 0.15) is 17.4 Å². The summed E-state index contributed by atoms with van der Waals surface area (Å²) in [6.07, 6.45) is 9.17. The molecule has 1 amide bonds. The third-order valence-electron chi connectivity index (χ3n) is 7.70. The van der Waals surface area contributed by atoms with Crippen LogP contribution in [0.4, 0.5) is 10.5 Å². The quantitative estimate of drug-likeness (QED) is 0.354. The Morgan fingerprint density at radius 1 is 1.20 bits per heavy atom. The van der Waals surface area contributed by atoms with Crippen LogP contribution in [0, 0.1) is 16.7 Å². The highest BCUT2D eigenvalue weighted by Crippen LogP contribution is 2.48. The van der Waals surface area contributed by atoms with Crippen molar-refractivity contribution in [3.8, 4) is 17.6 Å². The van der Waals surface area contributed by atoms with E-state index < -0.39 is 11.7 Å². The van der Waals surface area contributed by atoms with E-state index in [-0.39, 0.29) is 17.4 Å². The fourth-order valence-electron chi connectivity index (χ4n) is 5.47. The molecule has 12 heteroatoms. The predicted molar refractivity (Wildman–Crippen MR) is 149 cm³/mol. The predicted octanol–water partition coefficient (Wildman–Crippen LogP) is 4.63. The number of carbonyl (C=O) groups is 1. The van der Waals surface area contributed by atoms with E-state index >= 15 is 0 Å². The van der Waals surface area contributed by atoms with Crippen LogP contribution in [0.2, 0.25) is 0 Å². The monoisotopic (exact) mass is 542 g/mol. The fraction of sp³-hybridized carbons (Fsp3) is 0.464. The summed E-state index contributed by atoms with van der Waals surface area (Å²) < 4.78 is 9.08. The molecule has 5 rings (SSSR count). The molecule has 0 saturated heterocycles. The normalized spacial score (nSPS) is 19.5. The first-order chi connectivity index (χ1) is 19.0. The molecule has 0 unspecified atom stereocenters. The van der Waals surface area contributed by atoms with Crippen molar-refractivity contribution in [2.45, 2.75) is 77.9 Å². The highest BCUT2D eigenvalue weighted by Gasteiger charge is 2.48. The van der Waals surface area contributed by atoms with Gasteiger partial charge in [0.25, 0.3) is 0 Å². The van der Waals surface area contributed by atoms with Crippen LogP contribution >= 0.6 is 0 Å². The number of hydrogen-bond acceptors (Lipinski definition) is 9. The maximum Gasteiger partial charge on any atom is 0.405 e. The standard InChI is InChI=1S/C28H34N10O2/c1-17(2)34-21-11-24(38-25-20(14-33-38)10-18(12-29)13-32-25)31-15-23(21)37-16-22(35-36-37)19-6-8-28(9-7-19,27(3,4)5)40-26(30)39/h10-11,13-17,19H,6-9H2,1-5H3,(H2,30,39)(H,31,34). The molecule has 4 aromatic heterocycles. The molecular weight excluding hydrogens is 508 g/mol. The second-order valence-corrected chi connectivity index (χ2v) is 11.7. The second-order valence-electron chi connectivity index (χ2n) is 11.7. The number of aromatic nitrogens is 7. The van der Waals surface area contributed by atoms with E-state index in [0.717, 1.165) is 35.3 Å². The van der Waals surface area contributed by atoms with Gasteiger partial charge in [0.2, 0.25) is 0 Å². The minimum atomic E-state index is -0.730. The number of fused-ring (bicyclic) bond motifs is 1. The van der Waals surface area contributed by atoms with Gasteiger partial charge >= 0.3 is 6.09 Å². The van der Waals surface area contributed by atoms with Crippen molar-refractivity contribution in [2.75, 3.05) is 5.32 Å². The van der Waals surface area contributed by atoms with E-state index in [9.17, 15) is 10.1 Å². The van der Waals surface area contributed by atoms with E-state index in [1.54, 1.807) is 27.8 Å². The number of nitriles is 1. The number of amides is 1. The van der Waals surface area contributed by atoms with E-state index in [1.807, 2.05) is 12.3 Å². The Balaban J connectivity index is 1.42. The summed E-state index contributed by atoms with van der Waals surface area (Å²) in [6.45, 7) is 10.4. The molecule has 0 radical (unpaired) electrons. The maximum atomic E-state index is 11.7. The van der Waals surface area contributed by atoms with Crippen LogP contribution in [-0.2, 0) is 4.74 Å². The summed E-state index contributed by atoms with van der Waals surface area (Å²) in [6, 6.07) is 5.91. The minimum absolute atomic E-state index is 0.150. The summed E-state index contributed by atoms with van der Waals surface area (Å²) in [4.78, 5) is 20.7. The third kappa shape index (κ3) is 5.06. The second kappa shape index (κ2) is 10.2. The molecule has 12 nitrogen and oxygen atoms in total. The fourth-order valence-corrected chi connectivity index (χ4v) is 5.47. The van der Waals surface area contributed by atoms with Crippen molar-refractivity contribution in [1.82, 2.24) is 34.7 Å².